The molecular weight excluding hydrogens is 1320 g/mol. The van der Waals surface area contributed by atoms with Gasteiger partial charge in [-0.05, 0) is 248 Å². The summed E-state index contributed by atoms with van der Waals surface area (Å²) in [6.07, 6.45) is 23.6. The van der Waals surface area contributed by atoms with Gasteiger partial charge in [0, 0.05) is 120 Å². The van der Waals surface area contributed by atoms with Crippen molar-refractivity contribution in [1.29, 1.82) is 0 Å². The van der Waals surface area contributed by atoms with Crippen LogP contribution in [-0.4, -0.2) is 0 Å². The van der Waals surface area contributed by atoms with Crippen LogP contribution in [0.1, 0.15) is 221 Å². The highest BCUT2D eigenvalue weighted by atomic mass is 14.9. The van der Waals surface area contributed by atoms with E-state index in [-0.39, 0.29) is 22.3 Å². The first-order valence-electron chi connectivity index (χ1n) is 45.5. The van der Waals surface area contributed by atoms with E-state index in [2.05, 4.69) is 209 Å². The number of hydrogen-bond acceptors (Lipinski definition) is 0. The monoisotopic (exact) mass is 1460 g/mol. The summed E-state index contributed by atoms with van der Waals surface area (Å²) in [6, 6.07) is 66.9. The molecule has 3 saturated carbocycles. The van der Waals surface area contributed by atoms with Gasteiger partial charge in [-0.25, -0.2) is 27.4 Å². The lowest BCUT2D eigenvalue weighted by Gasteiger charge is -2.14. The second-order valence-electron chi connectivity index (χ2n) is 30.5. The fraction of sp³-hybridized carbons (Fsp3) is 0.359. The van der Waals surface area contributed by atoms with E-state index >= 15 is 0 Å². The molecular formula is C103H128N6+6. The molecule has 0 atom stereocenters. The number of nitrogens with zero attached hydrogens (tertiary/aromatic N) is 6. The summed E-state index contributed by atoms with van der Waals surface area (Å²) in [6.45, 7) is 16.5. The molecule has 6 aromatic heterocycles. The molecule has 0 N–H and O–H groups in total. The molecule has 564 valence electrons. The summed E-state index contributed by atoms with van der Waals surface area (Å²) in [7, 11) is 12.0. The van der Waals surface area contributed by atoms with Crippen molar-refractivity contribution in [3.63, 3.8) is 0 Å². The van der Waals surface area contributed by atoms with Gasteiger partial charge in [0.25, 0.3) is 0 Å². The van der Waals surface area contributed by atoms with Crippen LogP contribution in [0.2, 0.25) is 0 Å². The highest BCUT2D eigenvalue weighted by Crippen LogP contribution is 2.39. The Morgan fingerprint density at radius 2 is 0.587 bits per heavy atom. The van der Waals surface area contributed by atoms with E-state index in [1.165, 1.54) is 182 Å². The Balaban J connectivity index is 0.000000152. The summed E-state index contributed by atoms with van der Waals surface area (Å²) < 4.78 is 106. The summed E-state index contributed by atoms with van der Waals surface area (Å²) in [5.74, 6) is 2.35. The fourth-order valence-corrected chi connectivity index (χ4v) is 16.2. The van der Waals surface area contributed by atoms with Crippen LogP contribution in [0.3, 0.4) is 0 Å². The van der Waals surface area contributed by atoms with Gasteiger partial charge in [0.1, 0.15) is 42.3 Å². The molecule has 0 saturated heterocycles. The molecule has 6 heteroatoms. The Morgan fingerprint density at radius 3 is 0.954 bits per heavy atom. The summed E-state index contributed by atoms with van der Waals surface area (Å²) >= 11 is 0. The van der Waals surface area contributed by atoms with E-state index < -0.39 is 32.8 Å². The zero-order valence-electron chi connectivity index (χ0n) is 80.3. The fourth-order valence-electron chi connectivity index (χ4n) is 16.2. The van der Waals surface area contributed by atoms with Gasteiger partial charge >= 0.3 is 0 Å². The summed E-state index contributed by atoms with van der Waals surface area (Å²) in [4.78, 5) is 0. The maximum Gasteiger partial charge on any atom is 0.212 e. The molecule has 6 heterocycles. The van der Waals surface area contributed by atoms with Crippen LogP contribution in [0.5, 0.6) is 0 Å². The molecule has 12 aromatic rings. The predicted octanol–water partition coefficient (Wildman–Crippen LogP) is 22.8. The standard InChI is InChI=1S/C19H24N.2C18H22N.3C16H20N/c1-14-8-4-7-11-17(14)19-12-18(15(2)13-20(19)3)16-9-5-6-10-16;1-14-7-3-6-10-17(14)18-13-16(11-12-19(18)2)15-8-4-5-9-15;1-14-7-3-6-10-17(14)18-12-11-16(13-19(18)2)15-8-4-5-9-15;2*1-5-14-10-16(17(4)11-13(14)3)15-9-7-6-8-12(15)2;1-5-14-11-17(4)16(10-13(14)3)15-9-7-6-8-12(15)2/h4,7-8,11-13,16H,5-6,9-10H2,1-3H3;2*3,6-7,10-13,15H,4-5,8-9H2,1-2H3;3*6-11H,5H2,1-4H3/q6*+1/i;;;2*3D3,5D2;5D2. The largest absolute Gasteiger partial charge is 0.212 e. The molecule has 3 fully saturated rings. The van der Waals surface area contributed by atoms with Gasteiger partial charge in [-0.15, -0.1) is 0 Å². The number of aromatic nitrogens is 6. The van der Waals surface area contributed by atoms with Crippen molar-refractivity contribution in [2.75, 3.05) is 0 Å². The lowest BCUT2D eigenvalue weighted by atomic mass is 9.92. The molecule has 0 unspecified atom stereocenters. The molecule has 6 aromatic carbocycles. The SMILES string of the molecule is Cc1ccccc1-c1cc(C2CCCC2)c(C)c[n+]1C.Cc1ccccc1-c1cc(C2CCCC2)cc[n+]1C.Cc1ccccc1-c1ccc(C2CCCC2)c[n+]1C.[2H]C([2H])(C)c1c[n+](C)c(-c2ccccc2C)cc1C.[2H]C([2H])([2H])c1c[n+](C)c(-c2ccccc2C)cc1C([2H])([2H])C.[2H]C([2H])([2H])c1c[n+](C)c(-c2ccccc2C)cc1C([2H])([2H])C. The molecule has 15 rings (SSSR count). The maximum absolute atomic E-state index is 7.98. The van der Waals surface area contributed by atoms with E-state index in [0.29, 0.717) is 0 Å². The molecule has 6 nitrogen and oxygen atoms in total. The average molecular weight is 1460 g/mol. The second kappa shape index (κ2) is 39.0. The molecule has 0 aliphatic heterocycles. The third-order valence-corrected chi connectivity index (χ3v) is 22.7. The first-order valence-corrected chi connectivity index (χ1v) is 39.5. The van der Waals surface area contributed by atoms with E-state index in [9.17, 15) is 0 Å². The maximum atomic E-state index is 7.98. The number of pyridine rings is 6. The minimum atomic E-state index is -2.35. The number of benzene rings is 6. The molecule has 109 heavy (non-hydrogen) atoms. The van der Waals surface area contributed by atoms with Gasteiger partial charge in [0.2, 0.25) is 34.2 Å². The second-order valence-corrected chi connectivity index (χ2v) is 30.5. The van der Waals surface area contributed by atoms with E-state index in [4.69, 9.17) is 16.4 Å². The molecule has 3 aliphatic rings. The van der Waals surface area contributed by atoms with Crippen LogP contribution >= 0.6 is 0 Å². The zero-order chi connectivity index (χ0) is 88.2. The number of hydrogen-bond donors (Lipinski definition) is 0. The Morgan fingerprint density at radius 1 is 0.275 bits per heavy atom. The van der Waals surface area contributed by atoms with Crippen molar-refractivity contribution in [1.82, 2.24) is 0 Å². The minimum Gasteiger partial charge on any atom is -0.201 e. The van der Waals surface area contributed by atoms with Crippen molar-refractivity contribution in [2.24, 2.45) is 42.3 Å². The zero-order valence-corrected chi connectivity index (χ0v) is 68.3. The van der Waals surface area contributed by atoms with Gasteiger partial charge in [0.05, 0.1) is 0 Å². The first-order chi connectivity index (χ1) is 57.0. The normalized spacial score (nSPS) is 15.6. The topological polar surface area (TPSA) is 23.3 Å². The van der Waals surface area contributed by atoms with Crippen LogP contribution in [0.25, 0.3) is 67.5 Å². The third kappa shape index (κ3) is 20.8. The highest BCUT2D eigenvalue weighted by Gasteiger charge is 2.26. The Labute approximate surface area is 674 Å². The molecule has 3 aliphatic carbocycles. The van der Waals surface area contributed by atoms with E-state index in [1.807, 2.05) is 99.2 Å². The number of aryl methyl sites for hydroxylation is 19. The lowest BCUT2D eigenvalue weighted by molar-refractivity contribution is -0.661. The van der Waals surface area contributed by atoms with Crippen molar-refractivity contribution in [2.45, 2.75) is 204 Å². The molecule has 0 amide bonds. The van der Waals surface area contributed by atoms with Gasteiger partial charge in [0.15, 0.2) is 37.2 Å². The Kier molecular flexibility index (Phi) is 23.7. The van der Waals surface area contributed by atoms with Crippen molar-refractivity contribution in [3.05, 3.63) is 320 Å². The smallest absolute Gasteiger partial charge is 0.201 e. The van der Waals surface area contributed by atoms with Crippen LogP contribution in [0.4, 0.5) is 0 Å². The van der Waals surface area contributed by atoms with E-state index in [1.54, 1.807) is 47.8 Å². The van der Waals surface area contributed by atoms with Crippen LogP contribution in [0, 0.1) is 69.1 Å². The molecule has 0 spiro atoms. The van der Waals surface area contributed by atoms with Gasteiger partial charge < -0.3 is 0 Å². The van der Waals surface area contributed by atoms with Crippen molar-refractivity contribution < 1.29 is 43.9 Å². The van der Waals surface area contributed by atoms with Crippen LogP contribution in [-0.2, 0) is 61.4 Å². The lowest BCUT2D eigenvalue weighted by Crippen LogP contribution is -2.32. The highest BCUT2D eigenvalue weighted by molar-refractivity contribution is 5.66. The van der Waals surface area contributed by atoms with E-state index in [0.717, 1.165) is 68.2 Å². The van der Waals surface area contributed by atoms with Gasteiger partial charge in [-0.1, -0.05) is 168 Å². The number of rotatable bonds is 12. The van der Waals surface area contributed by atoms with Gasteiger partial charge in [-0.2, -0.15) is 0 Å². The first kappa shape index (κ1) is 66.2. The van der Waals surface area contributed by atoms with Crippen molar-refractivity contribution in [3.8, 4) is 67.5 Å². The van der Waals surface area contributed by atoms with Crippen molar-refractivity contribution >= 4 is 0 Å². The Hall–Kier alpha value is -9.78. The predicted molar refractivity (Wildman–Crippen MR) is 457 cm³/mol. The quantitative estimate of drug-likeness (QED) is 0.109. The Bertz CT molecular complexity index is 5450. The summed E-state index contributed by atoms with van der Waals surface area (Å²) in [5.41, 5.74) is 29.6. The third-order valence-electron chi connectivity index (χ3n) is 22.7. The van der Waals surface area contributed by atoms with Crippen LogP contribution in [0.15, 0.2) is 231 Å². The van der Waals surface area contributed by atoms with Gasteiger partial charge in [-0.3, -0.25) is 0 Å². The van der Waals surface area contributed by atoms with Crippen LogP contribution < -0.4 is 27.4 Å². The molecule has 0 bridgehead atoms. The minimum absolute atomic E-state index is 0.0554. The summed E-state index contributed by atoms with van der Waals surface area (Å²) in [5, 5.41) is 0. The molecule has 0 radical (unpaired) electrons. The average Bonchev–Trinajstić information content (AvgIpc) is 1.61.